The van der Waals surface area contributed by atoms with Crippen molar-refractivity contribution in [3.8, 4) is 5.75 Å². The van der Waals surface area contributed by atoms with Gasteiger partial charge in [-0.1, -0.05) is 11.6 Å². The van der Waals surface area contributed by atoms with Crippen molar-refractivity contribution < 1.29 is 13.9 Å². The summed E-state index contributed by atoms with van der Waals surface area (Å²) >= 11 is 6.20. The van der Waals surface area contributed by atoms with Crippen LogP contribution in [0.1, 0.15) is 11.1 Å². The number of H-pyrrole nitrogens is 1. The highest BCUT2D eigenvalue weighted by molar-refractivity contribution is 6.31. The van der Waals surface area contributed by atoms with Gasteiger partial charge in [-0.25, -0.2) is 19.3 Å². The highest BCUT2D eigenvalue weighted by Crippen LogP contribution is 2.33. The molecule has 1 aliphatic heterocycles. The van der Waals surface area contributed by atoms with Crippen molar-refractivity contribution in [2.75, 3.05) is 45.3 Å². The van der Waals surface area contributed by atoms with Crippen LogP contribution in [0.3, 0.4) is 0 Å². The van der Waals surface area contributed by atoms with Gasteiger partial charge >= 0.3 is 0 Å². The van der Waals surface area contributed by atoms with Crippen LogP contribution in [0.25, 0.3) is 11.2 Å². The topological polar surface area (TPSA) is 88.2 Å². The monoisotopic (exact) mass is 420 g/mol. The molecule has 8 nitrogen and oxygen atoms in total. The fourth-order valence-electron chi connectivity index (χ4n) is 3.49. The van der Waals surface area contributed by atoms with Gasteiger partial charge in [0.15, 0.2) is 11.5 Å². The molecular formula is C19H22ClFN6O2. The SMILES string of the molecule is COc1c(CCNc2ncnc3[nH]cnc23)cc(Cl)c(F)c1CN1CCOCC1. The Kier molecular flexibility index (Phi) is 6.08. The number of nitrogens with zero attached hydrogens (tertiary/aromatic N) is 4. The van der Waals surface area contributed by atoms with Gasteiger partial charge < -0.3 is 19.8 Å². The number of hydrogen-bond donors (Lipinski definition) is 2. The lowest BCUT2D eigenvalue weighted by Gasteiger charge is -2.28. The van der Waals surface area contributed by atoms with Crippen molar-refractivity contribution in [1.29, 1.82) is 0 Å². The van der Waals surface area contributed by atoms with Crippen LogP contribution in [0.4, 0.5) is 10.2 Å². The molecule has 1 aromatic carbocycles. The molecule has 0 atom stereocenters. The number of ether oxygens (including phenoxy) is 2. The number of halogens is 2. The number of morpholine rings is 1. The quantitative estimate of drug-likeness (QED) is 0.607. The molecule has 0 spiro atoms. The number of fused-ring (bicyclic) bond motifs is 1. The Labute approximate surface area is 172 Å². The lowest BCUT2D eigenvalue weighted by molar-refractivity contribution is 0.0334. The van der Waals surface area contributed by atoms with Crippen molar-refractivity contribution in [2.45, 2.75) is 13.0 Å². The summed E-state index contributed by atoms with van der Waals surface area (Å²) in [4.78, 5) is 17.7. The van der Waals surface area contributed by atoms with Gasteiger partial charge in [-0.3, -0.25) is 4.90 Å². The van der Waals surface area contributed by atoms with E-state index in [1.807, 2.05) is 0 Å². The van der Waals surface area contributed by atoms with Gasteiger partial charge in [-0.2, -0.15) is 0 Å². The van der Waals surface area contributed by atoms with Crippen molar-refractivity contribution in [2.24, 2.45) is 0 Å². The number of hydrogen-bond acceptors (Lipinski definition) is 7. The molecule has 0 aliphatic carbocycles. The average molecular weight is 421 g/mol. The van der Waals surface area contributed by atoms with Crippen LogP contribution in [0.5, 0.6) is 5.75 Å². The number of benzene rings is 1. The second-order valence-electron chi connectivity index (χ2n) is 6.73. The Morgan fingerprint density at radius 2 is 2.14 bits per heavy atom. The maximum atomic E-state index is 14.8. The van der Waals surface area contributed by atoms with E-state index in [4.69, 9.17) is 21.1 Å². The van der Waals surface area contributed by atoms with Crippen LogP contribution < -0.4 is 10.1 Å². The highest BCUT2D eigenvalue weighted by Gasteiger charge is 2.22. The zero-order valence-corrected chi connectivity index (χ0v) is 16.8. The van der Waals surface area contributed by atoms with E-state index in [-0.39, 0.29) is 5.02 Å². The summed E-state index contributed by atoms with van der Waals surface area (Å²) in [6, 6.07) is 1.63. The number of imidazole rings is 1. The van der Waals surface area contributed by atoms with Crippen LogP contribution >= 0.6 is 11.6 Å². The Balaban J connectivity index is 1.52. The molecular weight excluding hydrogens is 399 g/mol. The Morgan fingerprint density at radius 1 is 1.31 bits per heavy atom. The van der Waals surface area contributed by atoms with Gasteiger partial charge in [0, 0.05) is 31.7 Å². The molecule has 1 fully saturated rings. The smallest absolute Gasteiger partial charge is 0.162 e. The number of aromatic amines is 1. The van der Waals surface area contributed by atoms with Gasteiger partial charge in [0.05, 0.1) is 31.7 Å². The van der Waals surface area contributed by atoms with Gasteiger partial charge in [0.1, 0.15) is 23.4 Å². The predicted octanol–water partition coefficient (Wildman–Crippen LogP) is 2.64. The third-order valence-corrected chi connectivity index (χ3v) is 5.21. The van der Waals surface area contributed by atoms with Crippen LogP contribution in [0.2, 0.25) is 5.02 Å². The molecule has 0 amide bonds. The van der Waals surface area contributed by atoms with Crippen LogP contribution in [0.15, 0.2) is 18.7 Å². The molecule has 4 rings (SSSR count). The molecule has 1 saturated heterocycles. The van der Waals surface area contributed by atoms with Crippen LogP contribution in [-0.4, -0.2) is 64.8 Å². The van der Waals surface area contributed by atoms with Crippen LogP contribution in [-0.2, 0) is 17.7 Å². The zero-order chi connectivity index (χ0) is 20.2. The standard InChI is InChI=1S/C19H22ClFN6O2/c1-28-17-12(2-3-22-18-16-19(24-10-23-16)26-11-25-18)8-14(20)15(21)13(17)9-27-4-6-29-7-5-27/h8,10-11H,2-7,9H2,1H3,(H2,22,23,24,25,26). The average Bonchev–Trinajstić information content (AvgIpc) is 3.22. The van der Waals surface area contributed by atoms with Gasteiger partial charge in [0.25, 0.3) is 0 Å². The molecule has 0 unspecified atom stereocenters. The first-order chi connectivity index (χ1) is 14.2. The van der Waals surface area contributed by atoms with Gasteiger partial charge in [-0.15, -0.1) is 0 Å². The molecule has 1 aliphatic rings. The maximum absolute atomic E-state index is 14.8. The third-order valence-electron chi connectivity index (χ3n) is 4.93. The number of aromatic nitrogens is 4. The highest BCUT2D eigenvalue weighted by atomic mass is 35.5. The van der Waals surface area contributed by atoms with E-state index in [9.17, 15) is 4.39 Å². The Morgan fingerprint density at radius 3 is 2.93 bits per heavy atom. The lowest BCUT2D eigenvalue weighted by Crippen LogP contribution is -2.36. The number of rotatable bonds is 7. The summed E-state index contributed by atoms with van der Waals surface area (Å²) in [7, 11) is 1.56. The molecule has 3 aromatic rings. The second kappa shape index (κ2) is 8.89. The zero-order valence-electron chi connectivity index (χ0n) is 16.0. The maximum Gasteiger partial charge on any atom is 0.162 e. The first-order valence-corrected chi connectivity index (χ1v) is 9.77. The largest absolute Gasteiger partial charge is 0.496 e. The van der Waals surface area contributed by atoms with Crippen LogP contribution in [0, 0.1) is 5.82 Å². The molecule has 2 aromatic heterocycles. The molecule has 154 valence electrons. The minimum absolute atomic E-state index is 0.0980. The van der Waals surface area contributed by atoms with E-state index in [1.54, 1.807) is 19.5 Å². The van der Waals surface area contributed by atoms with Gasteiger partial charge in [0.2, 0.25) is 0 Å². The number of anilines is 1. The molecule has 10 heteroatoms. The number of nitrogens with one attached hydrogen (secondary N) is 2. The normalized spacial score (nSPS) is 15.0. The van der Waals surface area contributed by atoms with E-state index in [2.05, 4.69) is 30.2 Å². The molecule has 29 heavy (non-hydrogen) atoms. The van der Waals surface area contributed by atoms with E-state index in [0.717, 1.165) is 18.7 Å². The molecule has 0 bridgehead atoms. The summed E-state index contributed by atoms with van der Waals surface area (Å²) in [5, 5.41) is 3.35. The van der Waals surface area contributed by atoms with Crippen molar-refractivity contribution in [3.63, 3.8) is 0 Å². The summed E-state index contributed by atoms with van der Waals surface area (Å²) in [6.07, 6.45) is 3.62. The second-order valence-corrected chi connectivity index (χ2v) is 7.14. The van der Waals surface area contributed by atoms with E-state index in [0.29, 0.717) is 61.0 Å². The first-order valence-electron chi connectivity index (χ1n) is 9.39. The summed E-state index contributed by atoms with van der Waals surface area (Å²) in [6.45, 7) is 3.76. The Bertz CT molecular complexity index is 992. The summed E-state index contributed by atoms with van der Waals surface area (Å²) < 4.78 is 25.8. The van der Waals surface area contributed by atoms with Crippen molar-refractivity contribution in [1.82, 2.24) is 24.8 Å². The predicted molar refractivity (Wildman–Crippen MR) is 108 cm³/mol. The minimum Gasteiger partial charge on any atom is -0.496 e. The first kappa shape index (κ1) is 19.8. The minimum atomic E-state index is -0.430. The summed E-state index contributed by atoms with van der Waals surface area (Å²) in [5.74, 6) is 0.741. The third kappa shape index (κ3) is 4.26. The van der Waals surface area contributed by atoms with Gasteiger partial charge in [-0.05, 0) is 18.1 Å². The fourth-order valence-corrected chi connectivity index (χ4v) is 3.74. The van der Waals surface area contributed by atoms with Crippen molar-refractivity contribution >= 4 is 28.6 Å². The number of methoxy groups -OCH3 is 1. The molecule has 0 saturated carbocycles. The molecule has 0 radical (unpaired) electrons. The fraction of sp³-hybridized carbons (Fsp3) is 0.421. The molecule has 3 heterocycles. The Hall–Kier alpha value is -2.49. The van der Waals surface area contributed by atoms with E-state index >= 15 is 0 Å². The van der Waals surface area contributed by atoms with Crippen molar-refractivity contribution in [3.05, 3.63) is 40.7 Å². The summed E-state index contributed by atoms with van der Waals surface area (Å²) in [5.41, 5.74) is 2.65. The van der Waals surface area contributed by atoms with E-state index in [1.165, 1.54) is 6.33 Å². The van der Waals surface area contributed by atoms with E-state index < -0.39 is 5.82 Å². The lowest BCUT2D eigenvalue weighted by atomic mass is 10.0. The molecule has 2 N–H and O–H groups in total.